The van der Waals surface area contributed by atoms with Crippen LogP contribution >= 0.6 is 0 Å². The highest BCUT2D eigenvalue weighted by molar-refractivity contribution is 5.98. The second kappa shape index (κ2) is 4.48. The first kappa shape index (κ1) is 14.3. The van der Waals surface area contributed by atoms with E-state index in [1.54, 1.807) is 0 Å². The molecule has 0 saturated heterocycles. The predicted molar refractivity (Wildman–Crippen MR) is 65.8 cm³/mol. The fraction of sp³-hybridized carbons (Fsp3) is 0.333. The van der Waals surface area contributed by atoms with E-state index in [4.69, 9.17) is 5.73 Å². The van der Waals surface area contributed by atoms with Crippen LogP contribution in [0.3, 0.4) is 0 Å². The first-order valence-corrected chi connectivity index (χ1v) is 5.68. The lowest BCUT2D eigenvalue weighted by molar-refractivity contribution is -0.297. The molecule has 1 aromatic carbocycles. The SMILES string of the molecule is CC1=NN(C(=O)c2ccc(N)cc2)[C@](O)(C(F)(F)F)C1. The summed E-state index contributed by atoms with van der Waals surface area (Å²) in [5.41, 5.74) is 2.48. The summed E-state index contributed by atoms with van der Waals surface area (Å²) in [7, 11) is 0. The molecular weight excluding hydrogens is 275 g/mol. The zero-order valence-electron chi connectivity index (χ0n) is 10.5. The lowest BCUT2D eigenvalue weighted by Gasteiger charge is -2.32. The summed E-state index contributed by atoms with van der Waals surface area (Å²) < 4.78 is 38.9. The van der Waals surface area contributed by atoms with Gasteiger partial charge in [0.1, 0.15) is 0 Å². The number of alkyl halides is 3. The standard InChI is InChI=1S/C12H12F3N3O2/c1-7-6-11(20,12(13,14)15)18(17-7)10(19)8-2-4-9(16)5-3-8/h2-5,20H,6,16H2,1H3/t11-/m1/s1. The molecule has 0 bridgehead atoms. The minimum atomic E-state index is -5.00. The van der Waals surface area contributed by atoms with Gasteiger partial charge >= 0.3 is 6.18 Å². The predicted octanol–water partition coefficient (Wildman–Crippen LogP) is 1.74. The average molecular weight is 287 g/mol. The van der Waals surface area contributed by atoms with E-state index in [-0.39, 0.29) is 16.3 Å². The van der Waals surface area contributed by atoms with E-state index in [1.807, 2.05) is 0 Å². The molecule has 0 unspecified atom stereocenters. The number of hydrazone groups is 1. The number of carbonyl (C=O) groups is 1. The highest BCUT2D eigenvalue weighted by Crippen LogP contribution is 2.40. The van der Waals surface area contributed by atoms with E-state index in [2.05, 4.69) is 5.10 Å². The van der Waals surface area contributed by atoms with Gasteiger partial charge in [0.2, 0.25) is 0 Å². The maximum absolute atomic E-state index is 13.0. The summed E-state index contributed by atoms with van der Waals surface area (Å²) in [6.07, 6.45) is -5.77. The van der Waals surface area contributed by atoms with Crippen LogP contribution in [0.25, 0.3) is 0 Å². The molecular formula is C12H12F3N3O2. The third-order valence-electron chi connectivity index (χ3n) is 2.93. The Labute approximate surface area is 112 Å². The van der Waals surface area contributed by atoms with Gasteiger partial charge in [-0.05, 0) is 31.2 Å². The van der Waals surface area contributed by atoms with Crippen LogP contribution in [0.1, 0.15) is 23.7 Å². The van der Waals surface area contributed by atoms with Crippen molar-refractivity contribution < 1.29 is 23.1 Å². The molecule has 1 aromatic rings. The van der Waals surface area contributed by atoms with Crippen molar-refractivity contribution in [3.63, 3.8) is 0 Å². The van der Waals surface area contributed by atoms with Gasteiger partial charge < -0.3 is 10.8 Å². The molecule has 0 spiro atoms. The van der Waals surface area contributed by atoms with Crippen molar-refractivity contribution in [1.29, 1.82) is 0 Å². The number of nitrogen functional groups attached to an aromatic ring is 1. The fourth-order valence-electron chi connectivity index (χ4n) is 1.90. The van der Waals surface area contributed by atoms with Crippen LogP contribution in [0.4, 0.5) is 18.9 Å². The number of hydrogen-bond acceptors (Lipinski definition) is 4. The lowest BCUT2D eigenvalue weighted by atomic mass is 10.1. The van der Waals surface area contributed by atoms with Crippen LogP contribution in [0, 0.1) is 0 Å². The van der Waals surface area contributed by atoms with Crippen molar-refractivity contribution in [2.45, 2.75) is 25.2 Å². The number of amides is 1. The largest absolute Gasteiger partial charge is 0.438 e. The molecule has 0 aliphatic carbocycles. The molecule has 0 radical (unpaired) electrons. The van der Waals surface area contributed by atoms with Gasteiger partial charge in [-0.1, -0.05) is 0 Å². The van der Waals surface area contributed by atoms with E-state index in [1.165, 1.54) is 31.2 Å². The third-order valence-corrected chi connectivity index (χ3v) is 2.93. The van der Waals surface area contributed by atoms with Crippen molar-refractivity contribution in [3.05, 3.63) is 29.8 Å². The number of rotatable bonds is 1. The van der Waals surface area contributed by atoms with Gasteiger partial charge in [-0.15, -0.1) is 0 Å². The van der Waals surface area contributed by atoms with E-state index >= 15 is 0 Å². The molecule has 108 valence electrons. The molecule has 5 nitrogen and oxygen atoms in total. The first-order valence-electron chi connectivity index (χ1n) is 5.68. The maximum Gasteiger partial charge on any atom is 0.438 e. The Morgan fingerprint density at radius 3 is 2.45 bits per heavy atom. The van der Waals surface area contributed by atoms with Crippen LogP contribution in [-0.4, -0.2) is 33.6 Å². The minimum absolute atomic E-state index is 0.0219. The Morgan fingerprint density at radius 1 is 1.40 bits per heavy atom. The van der Waals surface area contributed by atoms with Crippen LogP contribution in [0.2, 0.25) is 0 Å². The fourth-order valence-corrected chi connectivity index (χ4v) is 1.90. The van der Waals surface area contributed by atoms with Crippen molar-refractivity contribution in [1.82, 2.24) is 5.01 Å². The molecule has 1 aliphatic rings. The molecule has 8 heteroatoms. The van der Waals surface area contributed by atoms with Crippen molar-refractivity contribution in [3.8, 4) is 0 Å². The Balaban J connectivity index is 2.39. The highest BCUT2D eigenvalue weighted by Gasteiger charge is 2.62. The zero-order chi connectivity index (χ0) is 15.1. The lowest BCUT2D eigenvalue weighted by Crippen LogP contribution is -2.56. The van der Waals surface area contributed by atoms with Crippen molar-refractivity contribution in [2.75, 3.05) is 5.73 Å². The van der Waals surface area contributed by atoms with Crippen LogP contribution in [0.5, 0.6) is 0 Å². The van der Waals surface area contributed by atoms with Crippen LogP contribution < -0.4 is 5.73 Å². The van der Waals surface area contributed by atoms with E-state index in [0.717, 1.165) is 0 Å². The number of benzene rings is 1. The number of anilines is 1. The monoisotopic (exact) mass is 287 g/mol. The van der Waals surface area contributed by atoms with Gasteiger partial charge in [0.15, 0.2) is 0 Å². The Bertz CT molecular complexity index is 568. The number of halogens is 3. The molecule has 0 aromatic heterocycles. The highest BCUT2D eigenvalue weighted by atomic mass is 19.4. The molecule has 2 rings (SSSR count). The number of hydrogen-bond donors (Lipinski definition) is 2. The minimum Gasteiger partial charge on any atom is -0.399 e. The molecule has 1 atom stereocenters. The summed E-state index contributed by atoms with van der Waals surface area (Å²) in [5.74, 6) is -1.04. The van der Waals surface area contributed by atoms with Crippen molar-refractivity contribution in [2.24, 2.45) is 5.10 Å². The van der Waals surface area contributed by atoms with Crippen LogP contribution in [0.15, 0.2) is 29.4 Å². The average Bonchev–Trinajstić information content (AvgIpc) is 2.65. The van der Waals surface area contributed by atoms with E-state index in [9.17, 15) is 23.1 Å². The van der Waals surface area contributed by atoms with Gasteiger partial charge in [0.25, 0.3) is 11.6 Å². The molecule has 20 heavy (non-hydrogen) atoms. The number of aliphatic hydroxyl groups is 1. The number of nitrogens with two attached hydrogens (primary N) is 1. The summed E-state index contributed by atoms with van der Waals surface area (Å²) in [6.45, 7) is 1.31. The molecule has 3 N–H and O–H groups in total. The normalized spacial score (nSPS) is 22.9. The van der Waals surface area contributed by atoms with E-state index < -0.39 is 24.2 Å². The number of carbonyl (C=O) groups excluding carboxylic acids is 1. The van der Waals surface area contributed by atoms with Crippen LogP contribution in [-0.2, 0) is 0 Å². The summed E-state index contributed by atoms with van der Waals surface area (Å²) >= 11 is 0. The van der Waals surface area contributed by atoms with Gasteiger partial charge in [-0.25, -0.2) is 0 Å². The Morgan fingerprint density at radius 2 is 1.95 bits per heavy atom. The second-order valence-corrected chi connectivity index (χ2v) is 4.57. The Kier molecular flexibility index (Phi) is 3.21. The second-order valence-electron chi connectivity index (χ2n) is 4.57. The van der Waals surface area contributed by atoms with E-state index in [0.29, 0.717) is 5.69 Å². The molecule has 0 saturated carbocycles. The quantitative estimate of drug-likeness (QED) is 0.772. The zero-order valence-corrected chi connectivity index (χ0v) is 10.5. The van der Waals surface area contributed by atoms with Crippen molar-refractivity contribution >= 4 is 17.3 Å². The maximum atomic E-state index is 13.0. The summed E-state index contributed by atoms with van der Waals surface area (Å²) in [5, 5.41) is 13.4. The molecule has 1 aliphatic heterocycles. The van der Waals surface area contributed by atoms with Gasteiger partial charge in [0, 0.05) is 23.4 Å². The number of nitrogens with zero attached hydrogens (tertiary/aromatic N) is 2. The Hall–Kier alpha value is -2.09. The molecule has 0 fully saturated rings. The topological polar surface area (TPSA) is 78.9 Å². The third kappa shape index (κ3) is 2.22. The summed E-state index contributed by atoms with van der Waals surface area (Å²) in [4.78, 5) is 12.1. The smallest absolute Gasteiger partial charge is 0.399 e. The van der Waals surface area contributed by atoms with Gasteiger partial charge in [0.05, 0.1) is 0 Å². The first-order chi connectivity index (χ1) is 9.15. The molecule has 1 amide bonds. The van der Waals surface area contributed by atoms with Gasteiger partial charge in [-0.2, -0.15) is 23.3 Å². The van der Waals surface area contributed by atoms with Gasteiger partial charge in [-0.3, -0.25) is 4.79 Å². The molecule has 1 heterocycles. The summed E-state index contributed by atoms with van der Waals surface area (Å²) in [6, 6.07) is 5.31.